The standard InChI is InChI=1S/C25H33N3O3S2/c1-2-17-28(25-26-22-9-5-6-10-23(22)32-25)24(29)16-13-20-11-14-21(15-12-20)33(30,31)27-18-7-3-4-8-19-27/h2,11-12,14-15H,1,3-10,13,16-19H2. The van der Waals surface area contributed by atoms with Gasteiger partial charge >= 0.3 is 0 Å². The van der Waals surface area contributed by atoms with Gasteiger partial charge in [0, 0.05) is 30.9 Å². The summed E-state index contributed by atoms with van der Waals surface area (Å²) in [5.41, 5.74) is 2.10. The van der Waals surface area contributed by atoms with Gasteiger partial charge in [0.05, 0.1) is 10.6 Å². The highest BCUT2D eigenvalue weighted by atomic mass is 32.2. The zero-order chi connectivity index (χ0) is 23.3. The second kappa shape index (κ2) is 10.9. The number of thiazole rings is 1. The molecule has 2 heterocycles. The number of carbonyl (C=O) groups is 1. The molecule has 0 bridgehead atoms. The quantitative estimate of drug-likeness (QED) is 0.505. The molecule has 2 aliphatic rings. The highest BCUT2D eigenvalue weighted by molar-refractivity contribution is 7.89. The number of rotatable bonds is 8. The first-order valence-corrected chi connectivity index (χ1v) is 14.2. The topological polar surface area (TPSA) is 70.6 Å². The van der Waals surface area contributed by atoms with Crippen molar-refractivity contribution in [1.29, 1.82) is 0 Å². The first kappa shape index (κ1) is 24.1. The Labute approximate surface area is 201 Å². The zero-order valence-corrected chi connectivity index (χ0v) is 20.8. The number of sulfonamides is 1. The molecule has 2 aromatic rings. The maximum absolute atomic E-state index is 13.0. The van der Waals surface area contributed by atoms with E-state index in [9.17, 15) is 13.2 Å². The Morgan fingerprint density at radius 2 is 1.76 bits per heavy atom. The molecule has 1 aromatic carbocycles. The molecule has 0 radical (unpaired) electrons. The molecule has 1 aliphatic carbocycles. The van der Waals surface area contributed by atoms with E-state index in [2.05, 4.69) is 6.58 Å². The maximum atomic E-state index is 13.0. The molecule has 33 heavy (non-hydrogen) atoms. The van der Waals surface area contributed by atoms with Gasteiger partial charge in [-0.25, -0.2) is 13.4 Å². The smallest absolute Gasteiger partial charge is 0.243 e. The Morgan fingerprint density at radius 1 is 1.06 bits per heavy atom. The zero-order valence-electron chi connectivity index (χ0n) is 19.2. The average molecular weight is 488 g/mol. The van der Waals surface area contributed by atoms with Crippen molar-refractivity contribution in [1.82, 2.24) is 9.29 Å². The molecule has 0 saturated carbocycles. The Hall–Kier alpha value is -2.03. The van der Waals surface area contributed by atoms with Crippen LogP contribution >= 0.6 is 11.3 Å². The lowest BCUT2D eigenvalue weighted by atomic mass is 10.0. The largest absolute Gasteiger partial charge is 0.284 e. The molecule has 4 rings (SSSR count). The van der Waals surface area contributed by atoms with E-state index in [1.54, 1.807) is 38.8 Å². The summed E-state index contributed by atoms with van der Waals surface area (Å²) in [7, 11) is -3.45. The van der Waals surface area contributed by atoms with Crippen LogP contribution in [0.1, 0.15) is 61.1 Å². The predicted octanol–water partition coefficient (Wildman–Crippen LogP) is 4.74. The van der Waals surface area contributed by atoms with Crippen LogP contribution in [0.4, 0.5) is 5.13 Å². The third-order valence-electron chi connectivity index (χ3n) is 6.43. The summed E-state index contributed by atoms with van der Waals surface area (Å²) in [5, 5.41) is 0.769. The van der Waals surface area contributed by atoms with Gasteiger partial charge in [-0.15, -0.1) is 17.9 Å². The molecular formula is C25H33N3O3S2. The Morgan fingerprint density at radius 3 is 2.42 bits per heavy atom. The van der Waals surface area contributed by atoms with E-state index >= 15 is 0 Å². The monoisotopic (exact) mass is 487 g/mol. The molecule has 1 amide bonds. The highest BCUT2D eigenvalue weighted by Gasteiger charge is 2.25. The van der Waals surface area contributed by atoms with Crippen LogP contribution in [0.5, 0.6) is 0 Å². The summed E-state index contributed by atoms with van der Waals surface area (Å²) in [6, 6.07) is 7.02. The van der Waals surface area contributed by atoms with Gasteiger partial charge in [-0.3, -0.25) is 9.69 Å². The molecule has 8 heteroatoms. The summed E-state index contributed by atoms with van der Waals surface area (Å²) in [4.78, 5) is 21.1. The first-order valence-electron chi connectivity index (χ1n) is 12.0. The fourth-order valence-electron chi connectivity index (χ4n) is 4.51. The van der Waals surface area contributed by atoms with Crippen LogP contribution in [0.3, 0.4) is 0 Å². The minimum absolute atomic E-state index is 0.0160. The minimum Gasteiger partial charge on any atom is -0.284 e. The molecular weight excluding hydrogens is 454 g/mol. The van der Waals surface area contributed by atoms with E-state index in [1.165, 1.54) is 11.3 Å². The number of amides is 1. The van der Waals surface area contributed by atoms with Crippen LogP contribution in [-0.4, -0.2) is 43.2 Å². The van der Waals surface area contributed by atoms with Gasteiger partial charge in [0.15, 0.2) is 5.13 Å². The Bertz CT molecular complexity index is 1050. The minimum atomic E-state index is -3.45. The summed E-state index contributed by atoms with van der Waals surface area (Å²) in [5.74, 6) is 0.0160. The van der Waals surface area contributed by atoms with Crippen LogP contribution < -0.4 is 4.90 Å². The molecule has 0 unspecified atom stereocenters. The number of hydrogen-bond donors (Lipinski definition) is 0. The molecule has 1 fully saturated rings. The third-order valence-corrected chi connectivity index (χ3v) is 9.52. The highest BCUT2D eigenvalue weighted by Crippen LogP contribution is 2.32. The van der Waals surface area contributed by atoms with Crippen LogP contribution in [0, 0.1) is 0 Å². The third kappa shape index (κ3) is 5.73. The van der Waals surface area contributed by atoms with Crippen LogP contribution in [-0.2, 0) is 34.1 Å². The van der Waals surface area contributed by atoms with Crippen molar-refractivity contribution in [3.8, 4) is 0 Å². The van der Waals surface area contributed by atoms with Crippen molar-refractivity contribution >= 4 is 32.4 Å². The number of aryl methyl sites for hydroxylation is 3. The van der Waals surface area contributed by atoms with E-state index in [0.717, 1.165) is 61.3 Å². The summed E-state index contributed by atoms with van der Waals surface area (Å²) < 4.78 is 27.5. The lowest BCUT2D eigenvalue weighted by molar-refractivity contribution is -0.118. The molecule has 1 saturated heterocycles. The molecule has 1 aromatic heterocycles. The van der Waals surface area contributed by atoms with E-state index in [0.29, 0.717) is 37.4 Å². The van der Waals surface area contributed by atoms with Crippen molar-refractivity contribution in [3.05, 3.63) is 53.1 Å². The van der Waals surface area contributed by atoms with Crippen molar-refractivity contribution < 1.29 is 13.2 Å². The van der Waals surface area contributed by atoms with Crippen molar-refractivity contribution in [3.63, 3.8) is 0 Å². The van der Waals surface area contributed by atoms with Gasteiger partial charge in [-0.2, -0.15) is 4.31 Å². The predicted molar refractivity (Wildman–Crippen MR) is 133 cm³/mol. The van der Waals surface area contributed by atoms with E-state index in [1.807, 2.05) is 12.1 Å². The lowest BCUT2D eigenvalue weighted by Gasteiger charge is -2.20. The molecule has 1 aliphatic heterocycles. The summed E-state index contributed by atoms with van der Waals surface area (Å²) >= 11 is 1.63. The van der Waals surface area contributed by atoms with Gasteiger partial charge in [0.1, 0.15) is 0 Å². The van der Waals surface area contributed by atoms with Crippen molar-refractivity contribution in [2.75, 3.05) is 24.5 Å². The Balaban J connectivity index is 1.40. The van der Waals surface area contributed by atoms with Crippen molar-refractivity contribution in [2.45, 2.75) is 69.1 Å². The summed E-state index contributed by atoms with van der Waals surface area (Å²) in [6.07, 6.45) is 11.0. The fourth-order valence-corrected chi connectivity index (χ4v) is 7.21. The number of carbonyl (C=O) groups excluding carboxylic acids is 1. The average Bonchev–Trinajstić information content (AvgIpc) is 3.05. The van der Waals surface area contributed by atoms with Crippen molar-refractivity contribution in [2.24, 2.45) is 0 Å². The van der Waals surface area contributed by atoms with Gasteiger partial charge in [0.25, 0.3) is 0 Å². The lowest BCUT2D eigenvalue weighted by Crippen LogP contribution is -2.32. The molecule has 0 N–H and O–H groups in total. The number of benzene rings is 1. The number of fused-ring (bicyclic) bond motifs is 1. The van der Waals surface area contributed by atoms with Gasteiger partial charge in [-0.1, -0.05) is 31.1 Å². The van der Waals surface area contributed by atoms with Gasteiger partial charge in [0.2, 0.25) is 15.9 Å². The molecule has 0 spiro atoms. The first-order chi connectivity index (χ1) is 16.0. The van der Waals surface area contributed by atoms with E-state index in [-0.39, 0.29) is 5.91 Å². The molecule has 6 nitrogen and oxygen atoms in total. The fraction of sp³-hybridized carbons (Fsp3) is 0.520. The SMILES string of the molecule is C=CCN(C(=O)CCc1ccc(S(=O)(=O)N2CCCCCC2)cc1)c1nc2c(s1)CCCC2. The number of nitrogens with zero attached hydrogens (tertiary/aromatic N) is 3. The van der Waals surface area contributed by atoms with Gasteiger partial charge in [-0.05, 0) is 62.6 Å². The molecule has 178 valence electrons. The van der Waals surface area contributed by atoms with Gasteiger partial charge < -0.3 is 0 Å². The second-order valence-electron chi connectivity index (χ2n) is 8.83. The second-order valence-corrected chi connectivity index (χ2v) is 11.8. The van der Waals surface area contributed by atoms with Crippen LogP contribution in [0.15, 0.2) is 41.8 Å². The van der Waals surface area contributed by atoms with Crippen LogP contribution in [0.2, 0.25) is 0 Å². The van der Waals surface area contributed by atoms with E-state index < -0.39 is 10.0 Å². The summed E-state index contributed by atoms with van der Waals surface area (Å²) in [6.45, 7) is 5.44. The van der Waals surface area contributed by atoms with Crippen LogP contribution in [0.25, 0.3) is 0 Å². The number of aromatic nitrogens is 1. The Kier molecular flexibility index (Phi) is 7.98. The normalized spacial score (nSPS) is 17.2. The van der Waals surface area contributed by atoms with E-state index in [4.69, 9.17) is 4.98 Å². The number of hydrogen-bond acceptors (Lipinski definition) is 5. The number of anilines is 1. The molecule has 0 atom stereocenters. The maximum Gasteiger partial charge on any atom is 0.243 e.